The quantitative estimate of drug-likeness (QED) is 0.580. The van der Waals surface area contributed by atoms with Gasteiger partial charge in [-0.2, -0.15) is 0 Å². The Hall–Kier alpha value is 2.14. The van der Waals surface area contributed by atoms with Crippen molar-refractivity contribution >= 4 is 0 Å². The Bertz CT molecular complexity index is 6.85. The van der Waals surface area contributed by atoms with Gasteiger partial charge in [-0.1, -0.05) is 0 Å². The van der Waals surface area contributed by atoms with Crippen LogP contribution in [0.25, 0.3) is 0 Å². The second-order valence-electron chi connectivity index (χ2n) is 0. The van der Waals surface area contributed by atoms with Crippen molar-refractivity contribution in [1.29, 1.82) is 0 Å². The molecular formula is CeO3Zr+. The molecule has 3 nitrogen and oxygen atoms in total. The first-order chi connectivity index (χ1) is 0. The summed E-state index contributed by atoms with van der Waals surface area (Å²) in [4.78, 5) is 0. The van der Waals surface area contributed by atoms with Crippen LogP contribution in [-0.4, -0.2) is 0 Å². The van der Waals surface area contributed by atoms with E-state index in [0.717, 1.165) is 0 Å². The van der Waals surface area contributed by atoms with Crippen molar-refractivity contribution in [2.45, 2.75) is 0 Å². The molecule has 0 spiro atoms. The van der Waals surface area contributed by atoms with Crippen LogP contribution in [0.1, 0.15) is 0 Å². The van der Waals surface area contributed by atoms with Crippen LogP contribution in [0.5, 0.6) is 0 Å². The Morgan fingerprint density at radius 3 is 0.600 bits per heavy atom. The minimum atomic E-state index is 0. The Morgan fingerprint density at radius 2 is 0.600 bits per heavy atom. The molecule has 0 amide bonds. The average Bonchev–Trinajstić information content (AvgIpc) is 0. The van der Waals surface area contributed by atoms with Gasteiger partial charge in [0.15, 0.2) is 0 Å². The summed E-state index contributed by atoms with van der Waals surface area (Å²) in [6.45, 7) is 0. The number of rotatable bonds is 0. The molecule has 25 valence electrons. The number of hydrogen-bond donors (Lipinski definition) is 0. The van der Waals surface area contributed by atoms with Crippen molar-refractivity contribution in [2.75, 3.05) is 0 Å². The van der Waals surface area contributed by atoms with Crippen molar-refractivity contribution in [3.63, 3.8) is 0 Å². The summed E-state index contributed by atoms with van der Waals surface area (Å²) in [5, 5.41) is 0. The monoisotopic (exact) mass is 278 g/mol. The molecule has 1 radical (unpaired) electrons. The summed E-state index contributed by atoms with van der Waals surface area (Å²) in [7, 11) is 0. The first-order valence-corrected chi connectivity index (χ1v) is 0. The molecular weight excluding hydrogens is 279 g/mol. The molecule has 0 aromatic heterocycles. The van der Waals surface area contributed by atoms with Crippen molar-refractivity contribution < 1.29 is 84.4 Å². The van der Waals surface area contributed by atoms with E-state index in [9.17, 15) is 0 Å². The van der Waals surface area contributed by atoms with E-state index < -0.39 is 0 Å². The fourth-order valence-electron chi connectivity index (χ4n) is 0. The maximum absolute atomic E-state index is 0. The molecule has 0 heterocycles. The van der Waals surface area contributed by atoms with Crippen LogP contribution in [0.15, 0.2) is 0 Å². The third kappa shape index (κ3) is 23.0. The largest absolute Gasteiger partial charge is 4.00 e. The average molecular weight is 279 g/mol. The molecule has 0 saturated carbocycles. The predicted octanol–water partition coefficient (Wildman–Crippen LogP) is -0.359. The van der Waals surface area contributed by atoms with Crippen molar-refractivity contribution in [3.8, 4) is 0 Å². The summed E-state index contributed by atoms with van der Waals surface area (Å²) in [5.74, 6) is 0. The van der Waals surface area contributed by atoms with E-state index >= 15 is 0 Å². The van der Waals surface area contributed by atoms with Crippen molar-refractivity contribution in [1.82, 2.24) is 0 Å². The molecule has 5 heavy (non-hydrogen) atoms. The van der Waals surface area contributed by atoms with E-state index in [1.807, 2.05) is 0 Å². The Morgan fingerprint density at radius 1 is 0.600 bits per heavy atom. The van der Waals surface area contributed by atoms with E-state index in [1.54, 1.807) is 0 Å². The summed E-state index contributed by atoms with van der Waals surface area (Å²) in [5.41, 5.74) is 0. The van der Waals surface area contributed by atoms with E-state index in [1.165, 1.54) is 0 Å². The first kappa shape index (κ1) is 58.8. The molecule has 0 saturated heterocycles. The van der Waals surface area contributed by atoms with Crippen LogP contribution in [0, 0.1) is 41.7 Å². The fraction of sp³-hybridized carbons (Fsp3) is 0. The van der Waals surface area contributed by atoms with Gasteiger partial charge < -0.3 is 16.4 Å². The second-order valence-corrected chi connectivity index (χ2v) is 0. The van der Waals surface area contributed by atoms with Gasteiger partial charge in [-0.15, -0.1) is 0 Å². The molecule has 0 atom stereocenters. The molecule has 0 bridgehead atoms. The van der Waals surface area contributed by atoms with Gasteiger partial charge in [-0.25, -0.2) is 0 Å². The topological polar surface area (TPSA) is 85.5 Å². The van der Waals surface area contributed by atoms with Crippen LogP contribution < -0.4 is 0 Å². The zero-order valence-electron chi connectivity index (χ0n) is 2.22. The Labute approximate surface area is 82.9 Å². The molecule has 0 rings (SSSR count). The SMILES string of the molecule is [Ce+3].[O-2].[O-2].[O-2].[Zr+4]. The van der Waals surface area contributed by atoms with Gasteiger partial charge in [0, 0.05) is 0 Å². The zero-order valence-corrected chi connectivity index (χ0v) is 7.82. The molecule has 0 aromatic carbocycles. The second kappa shape index (κ2) is 35.4. The first-order valence-electron chi connectivity index (χ1n) is 0. The van der Waals surface area contributed by atoms with Crippen LogP contribution >= 0.6 is 0 Å². The van der Waals surface area contributed by atoms with Crippen LogP contribution in [0.3, 0.4) is 0 Å². The van der Waals surface area contributed by atoms with Gasteiger partial charge in [0.2, 0.25) is 0 Å². The van der Waals surface area contributed by atoms with Gasteiger partial charge in [-0.3, -0.25) is 0 Å². The van der Waals surface area contributed by atoms with E-state index in [2.05, 4.69) is 0 Å². The maximum Gasteiger partial charge on any atom is 4.00 e. The van der Waals surface area contributed by atoms with E-state index in [-0.39, 0.29) is 84.4 Å². The Balaban J connectivity index is 0. The maximum atomic E-state index is 0. The molecule has 0 unspecified atom stereocenters. The van der Waals surface area contributed by atoms with Gasteiger partial charge in [-0.05, 0) is 0 Å². The molecule has 0 aromatic rings. The van der Waals surface area contributed by atoms with Crippen LogP contribution in [0.4, 0.5) is 0 Å². The van der Waals surface area contributed by atoms with Crippen molar-refractivity contribution in [3.05, 3.63) is 0 Å². The number of hydrogen-bond acceptors (Lipinski definition) is 0. The predicted molar refractivity (Wildman–Crippen MR) is 2.06 cm³/mol. The molecule has 0 fully saturated rings. The molecule has 0 aliphatic rings. The van der Waals surface area contributed by atoms with Gasteiger partial charge >= 0.3 is 68.0 Å². The zero-order chi connectivity index (χ0) is 0. The van der Waals surface area contributed by atoms with Gasteiger partial charge in [0.1, 0.15) is 0 Å². The smallest absolute Gasteiger partial charge is 2.00 e. The summed E-state index contributed by atoms with van der Waals surface area (Å²) < 4.78 is 0. The molecule has 0 aliphatic carbocycles. The Kier molecular flexibility index (Phi) is 416. The molecule has 0 aliphatic heterocycles. The van der Waals surface area contributed by atoms with Gasteiger partial charge in [0.05, 0.1) is 0 Å². The minimum absolute atomic E-state index is 0. The normalized spacial score (nSPS) is 0. The summed E-state index contributed by atoms with van der Waals surface area (Å²) in [6.07, 6.45) is 0. The summed E-state index contributed by atoms with van der Waals surface area (Å²) in [6, 6.07) is 0. The minimum Gasteiger partial charge on any atom is -2.00 e. The standard InChI is InChI=1S/Ce.3O.Zr/q+3;3*-2;+4. The third-order valence-corrected chi connectivity index (χ3v) is 0. The van der Waals surface area contributed by atoms with Gasteiger partial charge in [0.25, 0.3) is 0 Å². The van der Waals surface area contributed by atoms with E-state index in [4.69, 9.17) is 0 Å². The fourth-order valence-corrected chi connectivity index (χ4v) is 0. The molecule has 0 N–H and O–H groups in total. The van der Waals surface area contributed by atoms with E-state index in [0.29, 0.717) is 0 Å². The van der Waals surface area contributed by atoms with Crippen LogP contribution in [-0.2, 0) is 42.6 Å². The molecule has 5 heteroatoms. The summed E-state index contributed by atoms with van der Waals surface area (Å²) >= 11 is 0. The van der Waals surface area contributed by atoms with Crippen molar-refractivity contribution in [2.24, 2.45) is 0 Å². The van der Waals surface area contributed by atoms with Crippen LogP contribution in [0.2, 0.25) is 0 Å². The third-order valence-electron chi connectivity index (χ3n) is 0.